The lowest BCUT2D eigenvalue weighted by atomic mass is 9.77. The van der Waals surface area contributed by atoms with E-state index in [-0.39, 0.29) is 44.2 Å². The molecule has 11 heteroatoms. The number of nitrogens with zero attached hydrogens (tertiary/aromatic N) is 1. The number of halogens is 2. The van der Waals surface area contributed by atoms with E-state index in [1.807, 2.05) is 24.3 Å². The highest BCUT2D eigenvalue weighted by atomic mass is 35.5. The molecule has 1 aliphatic heterocycles. The maximum absolute atomic E-state index is 13.3. The SMILES string of the molecule is O=[N+]([O-])c1ccc(COc2ccc([C@H]3Nc4ccc(S(=O)(=O)Nc5cccc(Cl)c5Cl)cc4[C@H]4C=CC[C@H]43)cc2)cc1. The quantitative estimate of drug-likeness (QED) is 0.117. The number of nitro benzene ring substituents is 1. The van der Waals surface area contributed by atoms with Crippen LogP contribution in [0.3, 0.4) is 0 Å². The Bertz CT molecular complexity index is 1790. The van der Waals surface area contributed by atoms with Crippen LogP contribution in [0, 0.1) is 16.0 Å². The average molecular weight is 623 g/mol. The highest BCUT2D eigenvalue weighted by Gasteiger charge is 2.38. The molecule has 2 aliphatic rings. The van der Waals surface area contributed by atoms with Crippen LogP contribution in [0.5, 0.6) is 5.75 Å². The summed E-state index contributed by atoms with van der Waals surface area (Å²) in [6.07, 6.45) is 5.15. The maximum atomic E-state index is 13.3. The van der Waals surface area contributed by atoms with Gasteiger partial charge in [-0.15, -0.1) is 0 Å². The molecule has 0 bridgehead atoms. The first kappa shape index (κ1) is 28.1. The van der Waals surface area contributed by atoms with Gasteiger partial charge >= 0.3 is 0 Å². The molecule has 4 aromatic carbocycles. The minimum atomic E-state index is -3.91. The van der Waals surface area contributed by atoms with Crippen LogP contribution in [-0.2, 0) is 16.6 Å². The predicted molar refractivity (Wildman–Crippen MR) is 164 cm³/mol. The van der Waals surface area contributed by atoms with Crippen molar-refractivity contribution in [3.05, 3.63) is 134 Å². The molecule has 0 spiro atoms. The maximum Gasteiger partial charge on any atom is 0.269 e. The molecular weight excluding hydrogens is 597 g/mol. The fourth-order valence-electron chi connectivity index (χ4n) is 5.51. The number of nitro groups is 1. The number of sulfonamides is 1. The van der Waals surface area contributed by atoms with Crippen molar-refractivity contribution in [1.29, 1.82) is 0 Å². The Morgan fingerprint density at radius 1 is 1.00 bits per heavy atom. The van der Waals surface area contributed by atoms with Gasteiger partial charge in [-0.1, -0.05) is 53.6 Å². The molecule has 0 saturated carbocycles. The van der Waals surface area contributed by atoms with E-state index in [1.54, 1.807) is 48.5 Å². The monoisotopic (exact) mass is 621 g/mol. The number of non-ortho nitro benzene ring substituents is 1. The molecule has 0 radical (unpaired) electrons. The minimum Gasteiger partial charge on any atom is -0.489 e. The molecule has 0 fully saturated rings. The number of fused-ring (bicyclic) bond motifs is 3. The molecule has 8 nitrogen and oxygen atoms in total. The number of ether oxygens (including phenoxy) is 1. The second kappa shape index (κ2) is 11.3. The number of anilines is 2. The first-order valence-electron chi connectivity index (χ1n) is 13.2. The molecule has 0 aromatic heterocycles. The molecule has 214 valence electrons. The lowest BCUT2D eigenvalue weighted by Crippen LogP contribution is -2.29. The summed E-state index contributed by atoms with van der Waals surface area (Å²) in [6, 6.07) is 24.1. The van der Waals surface area contributed by atoms with Crippen molar-refractivity contribution >= 4 is 50.3 Å². The molecule has 0 amide bonds. The summed E-state index contributed by atoms with van der Waals surface area (Å²) < 4.78 is 35.0. The second-order valence-corrected chi connectivity index (χ2v) is 12.7. The van der Waals surface area contributed by atoms with Crippen molar-refractivity contribution in [2.45, 2.75) is 29.9 Å². The van der Waals surface area contributed by atoms with Crippen molar-refractivity contribution < 1.29 is 18.1 Å². The fourth-order valence-corrected chi connectivity index (χ4v) is 7.02. The highest BCUT2D eigenvalue weighted by Crippen LogP contribution is 2.50. The van der Waals surface area contributed by atoms with Gasteiger partial charge in [0.1, 0.15) is 12.4 Å². The smallest absolute Gasteiger partial charge is 0.269 e. The van der Waals surface area contributed by atoms with Crippen molar-refractivity contribution in [3.63, 3.8) is 0 Å². The molecule has 0 saturated heterocycles. The standard InChI is InChI=1S/C31H25Cl2N3O5S/c32-27-5-2-6-29(30(27)33)35-42(39,40)23-15-16-28-26(17-23)24-3-1-4-25(24)31(34-28)20-9-13-22(14-10-20)41-18-19-7-11-21(12-8-19)36(37)38/h1-3,5-17,24-25,31,34-35H,4,18H2/t24-,25+,31+/m0/s1. The fraction of sp³-hybridized carbons (Fsp3) is 0.161. The lowest BCUT2D eigenvalue weighted by Gasteiger charge is -2.37. The zero-order valence-corrected chi connectivity index (χ0v) is 24.4. The Labute approximate surface area is 253 Å². The molecular formula is C31H25Cl2N3O5S. The number of nitrogens with one attached hydrogen (secondary N) is 2. The number of rotatable bonds is 8. The van der Waals surface area contributed by atoms with Gasteiger partial charge in [-0.3, -0.25) is 14.8 Å². The molecule has 0 unspecified atom stereocenters. The Hall–Kier alpha value is -4.05. The van der Waals surface area contributed by atoms with Crippen molar-refractivity contribution in [3.8, 4) is 5.75 Å². The van der Waals surface area contributed by atoms with Gasteiger partial charge in [0, 0.05) is 23.7 Å². The summed E-state index contributed by atoms with van der Waals surface area (Å²) in [7, 11) is -3.91. The summed E-state index contributed by atoms with van der Waals surface area (Å²) in [5.74, 6) is 0.948. The normalized spacial score (nSPS) is 19.0. The third kappa shape index (κ3) is 5.55. The van der Waals surface area contributed by atoms with Gasteiger partial charge in [-0.2, -0.15) is 0 Å². The van der Waals surface area contributed by atoms with Crippen LogP contribution >= 0.6 is 23.2 Å². The highest BCUT2D eigenvalue weighted by molar-refractivity contribution is 7.92. The molecule has 3 atom stereocenters. The van der Waals surface area contributed by atoms with E-state index in [1.165, 1.54) is 12.1 Å². The zero-order chi connectivity index (χ0) is 29.4. The van der Waals surface area contributed by atoms with E-state index >= 15 is 0 Å². The Balaban J connectivity index is 1.19. The number of allylic oxidation sites excluding steroid dienone is 2. The van der Waals surface area contributed by atoms with E-state index in [2.05, 4.69) is 22.2 Å². The predicted octanol–water partition coefficient (Wildman–Crippen LogP) is 8.11. The summed E-state index contributed by atoms with van der Waals surface area (Å²) in [5, 5.41) is 14.9. The van der Waals surface area contributed by atoms with Gasteiger partial charge < -0.3 is 10.1 Å². The summed E-state index contributed by atoms with van der Waals surface area (Å²) >= 11 is 12.3. The first-order valence-corrected chi connectivity index (χ1v) is 15.4. The van der Waals surface area contributed by atoms with Gasteiger partial charge in [-0.05, 0) is 83.6 Å². The van der Waals surface area contributed by atoms with Gasteiger partial charge in [0.15, 0.2) is 0 Å². The molecule has 6 rings (SSSR count). The molecule has 1 heterocycles. The lowest BCUT2D eigenvalue weighted by molar-refractivity contribution is -0.384. The largest absolute Gasteiger partial charge is 0.489 e. The third-order valence-electron chi connectivity index (χ3n) is 7.63. The molecule has 1 aliphatic carbocycles. The number of hydrogen-bond acceptors (Lipinski definition) is 6. The summed E-state index contributed by atoms with van der Waals surface area (Å²) in [5.41, 5.74) is 4.00. The van der Waals surface area contributed by atoms with Crippen molar-refractivity contribution in [2.75, 3.05) is 10.0 Å². The van der Waals surface area contributed by atoms with Crippen LogP contribution in [-0.4, -0.2) is 13.3 Å². The summed E-state index contributed by atoms with van der Waals surface area (Å²) in [6.45, 7) is 0.296. The van der Waals surface area contributed by atoms with Gasteiger partial charge in [0.05, 0.1) is 31.6 Å². The third-order valence-corrected chi connectivity index (χ3v) is 9.81. The Morgan fingerprint density at radius 3 is 2.50 bits per heavy atom. The molecule has 4 aromatic rings. The van der Waals surface area contributed by atoms with Crippen molar-refractivity contribution in [1.82, 2.24) is 0 Å². The molecule has 42 heavy (non-hydrogen) atoms. The topological polar surface area (TPSA) is 111 Å². The Morgan fingerprint density at radius 2 is 1.76 bits per heavy atom. The van der Waals surface area contributed by atoms with Crippen LogP contribution in [0.25, 0.3) is 0 Å². The summed E-state index contributed by atoms with van der Waals surface area (Å²) in [4.78, 5) is 10.6. The van der Waals surface area contributed by atoms with E-state index in [9.17, 15) is 18.5 Å². The number of benzene rings is 4. The van der Waals surface area contributed by atoms with E-state index in [4.69, 9.17) is 27.9 Å². The van der Waals surface area contributed by atoms with Gasteiger partial charge in [0.25, 0.3) is 15.7 Å². The van der Waals surface area contributed by atoms with Crippen LogP contribution in [0.4, 0.5) is 17.1 Å². The van der Waals surface area contributed by atoms with E-state index in [0.717, 1.165) is 28.8 Å². The van der Waals surface area contributed by atoms with E-state index in [0.29, 0.717) is 12.4 Å². The zero-order valence-electron chi connectivity index (χ0n) is 22.0. The minimum absolute atomic E-state index is 0.0204. The first-order chi connectivity index (χ1) is 20.2. The van der Waals surface area contributed by atoms with Crippen LogP contribution in [0.15, 0.2) is 102 Å². The number of hydrogen-bond donors (Lipinski definition) is 2. The van der Waals surface area contributed by atoms with Crippen LogP contribution < -0.4 is 14.8 Å². The van der Waals surface area contributed by atoms with Crippen LogP contribution in [0.2, 0.25) is 10.0 Å². The van der Waals surface area contributed by atoms with Crippen molar-refractivity contribution in [2.24, 2.45) is 5.92 Å². The average Bonchev–Trinajstić information content (AvgIpc) is 3.49. The Kier molecular flexibility index (Phi) is 7.57. The molecule has 2 N–H and O–H groups in total. The van der Waals surface area contributed by atoms with Crippen LogP contribution in [0.1, 0.15) is 35.1 Å². The van der Waals surface area contributed by atoms with Gasteiger partial charge in [-0.25, -0.2) is 8.42 Å². The second-order valence-electron chi connectivity index (χ2n) is 10.2. The van der Waals surface area contributed by atoms with E-state index < -0.39 is 14.9 Å². The van der Waals surface area contributed by atoms with Gasteiger partial charge in [0.2, 0.25) is 0 Å².